The van der Waals surface area contributed by atoms with Crippen LogP contribution in [-0.4, -0.2) is 29.2 Å². The Morgan fingerprint density at radius 3 is 2.88 bits per heavy atom. The van der Waals surface area contributed by atoms with E-state index in [9.17, 15) is 4.79 Å². The first-order valence-corrected chi connectivity index (χ1v) is 5.10. The van der Waals surface area contributed by atoms with E-state index in [2.05, 4.69) is 10.3 Å². The van der Waals surface area contributed by atoms with Crippen molar-refractivity contribution >= 4 is 11.6 Å². The van der Waals surface area contributed by atoms with Crippen LogP contribution in [0.2, 0.25) is 0 Å². The predicted octanol–water partition coefficient (Wildman–Crippen LogP) is 1.19. The van der Waals surface area contributed by atoms with Gasteiger partial charge < -0.3 is 15.2 Å². The maximum absolute atomic E-state index is 11.4. The number of amides is 1. The maximum atomic E-state index is 11.4. The number of anilines is 1. The zero-order valence-corrected chi connectivity index (χ0v) is 9.43. The first-order chi connectivity index (χ1) is 7.61. The smallest absolute Gasteiger partial charge is 0.224 e. The molecule has 5 nitrogen and oxygen atoms in total. The largest absolute Gasteiger partial charge is 0.481 e. The summed E-state index contributed by atoms with van der Waals surface area (Å²) in [7, 11) is 1.53. The van der Waals surface area contributed by atoms with Gasteiger partial charge >= 0.3 is 0 Å². The van der Waals surface area contributed by atoms with Gasteiger partial charge in [-0.15, -0.1) is 0 Å². The van der Waals surface area contributed by atoms with E-state index in [4.69, 9.17) is 9.84 Å². The van der Waals surface area contributed by atoms with Gasteiger partial charge in [-0.3, -0.25) is 4.79 Å². The Balaban J connectivity index is 2.43. The fourth-order valence-electron chi connectivity index (χ4n) is 1.14. The molecule has 16 heavy (non-hydrogen) atoms. The number of aliphatic hydroxyl groups excluding tert-OH is 1. The van der Waals surface area contributed by atoms with Gasteiger partial charge in [0.2, 0.25) is 11.8 Å². The first-order valence-electron chi connectivity index (χ1n) is 5.10. The van der Waals surface area contributed by atoms with Gasteiger partial charge in [0.1, 0.15) is 0 Å². The highest BCUT2D eigenvalue weighted by molar-refractivity contribution is 5.90. The van der Waals surface area contributed by atoms with E-state index in [0.29, 0.717) is 24.4 Å². The van der Waals surface area contributed by atoms with Gasteiger partial charge in [0, 0.05) is 12.5 Å². The van der Waals surface area contributed by atoms with Gasteiger partial charge in [0.15, 0.2) is 0 Å². The molecule has 0 spiro atoms. The lowest BCUT2D eigenvalue weighted by Crippen LogP contribution is -2.14. The summed E-state index contributed by atoms with van der Waals surface area (Å²) in [5, 5.41) is 11.7. The number of aliphatic hydroxyl groups is 1. The number of pyridine rings is 1. The molecule has 0 radical (unpaired) electrons. The summed E-state index contributed by atoms with van der Waals surface area (Å²) in [6.07, 6.45) is 1.82. The number of carbonyl (C=O) groups excluding carboxylic acids is 1. The quantitative estimate of drug-likeness (QED) is 0.788. The van der Waals surface area contributed by atoms with Gasteiger partial charge in [0.05, 0.1) is 25.1 Å². The van der Waals surface area contributed by atoms with Crippen molar-refractivity contribution in [1.29, 1.82) is 0 Å². The Morgan fingerprint density at radius 2 is 2.38 bits per heavy atom. The van der Waals surface area contributed by atoms with Gasteiger partial charge in [0.25, 0.3) is 0 Å². The topological polar surface area (TPSA) is 71.5 Å². The number of rotatable bonds is 5. The Hall–Kier alpha value is -1.62. The fraction of sp³-hybridized carbons (Fsp3) is 0.455. The van der Waals surface area contributed by atoms with Gasteiger partial charge in [-0.05, 0) is 19.4 Å². The highest BCUT2D eigenvalue weighted by atomic mass is 16.5. The molecule has 0 aromatic carbocycles. The highest BCUT2D eigenvalue weighted by Gasteiger charge is 2.05. The molecule has 0 aliphatic heterocycles. The van der Waals surface area contributed by atoms with E-state index < -0.39 is 6.10 Å². The number of methoxy groups -OCH3 is 1. The zero-order valence-electron chi connectivity index (χ0n) is 9.43. The minimum Gasteiger partial charge on any atom is -0.481 e. The molecule has 0 saturated carbocycles. The first kappa shape index (κ1) is 12.4. The third kappa shape index (κ3) is 4.27. The second kappa shape index (κ2) is 6.07. The van der Waals surface area contributed by atoms with Gasteiger partial charge in [-0.1, -0.05) is 0 Å². The second-order valence-electron chi connectivity index (χ2n) is 3.53. The fourth-order valence-corrected chi connectivity index (χ4v) is 1.14. The van der Waals surface area contributed by atoms with Crippen LogP contribution in [0.1, 0.15) is 19.8 Å². The van der Waals surface area contributed by atoms with Crippen LogP contribution in [-0.2, 0) is 4.79 Å². The minimum atomic E-state index is -0.459. The summed E-state index contributed by atoms with van der Waals surface area (Å²) in [6, 6.07) is 3.39. The normalized spacial score (nSPS) is 11.9. The van der Waals surface area contributed by atoms with Crippen LogP contribution in [0.25, 0.3) is 0 Å². The van der Waals surface area contributed by atoms with Crippen molar-refractivity contribution in [2.75, 3.05) is 12.4 Å². The maximum Gasteiger partial charge on any atom is 0.224 e. The summed E-state index contributed by atoms with van der Waals surface area (Å²) in [6.45, 7) is 1.65. The average molecular weight is 224 g/mol. The molecule has 1 rings (SSSR count). The SMILES string of the molecule is COc1ccc(NC(=O)CCC(C)O)cn1. The van der Waals surface area contributed by atoms with E-state index in [1.54, 1.807) is 19.1 Å². The average Bonchev–Trinajstić information content (AvgIpc) is 2.27. The number of aromatic nitrogens is 1. The molecule has 0 bridgehead atoms. The van der Waals surface area contributed by atoms with Crippen LogP contribution in [0.5, 0.6) is 5.88 Å². The number of ether oxygens (including phenoxy) is 1. The number of nitrogens with one attached hydrogen (secondary N) is 1. The number of carbonyl (C=O) groups is 1. The molecule has 1 amide bonds. The van der Waals surface area contributed by atoms with Crippen LogP contribution >= 0.6 is 0 Å². The summed E-state index contributed by atoms with van der Waals surface area (Å²) in [4.78, 5) is 15.3. The third-order valence-corrected chi connectivity index (χ3v) is 2.02. The lowest BCUT2D eigenvalue weighted by molar-refractivity contribution is -0.116. The molecular formula is C11H16N2O3. The molecular weight excluding hydrogens is 208 g/mol. The molecule has 1 heterocycles. The number of nitrogens with zero attached hydrogens (tertiary/aromatic N) is 1. The van der Waals surface area contributed by atoms with E-state index in [1.165, 1.54) is 13.3 Å². The van der Waals surface area contributed by atoms with Crippen molar-refractivity contribution in [2.24, 2.45) is 0 Å². The van der Waals surface area contributed by atoms with E-state index in [1.807, 2.05) is 0 Å². The van der Waals surface area contributed by atoms with Crippen LogP contribution in [0.4, 0.5) is 5.69 Å². The molecule has 1 aromatic heterocycles. The van der Waals surface area contributed by atoms with Crippen molar-refractivity contribution in [1.82, 2.24) is 4.98 Å². The van der Waals surface area contributed by atoms with Gasteiger partial charge in [-0.2, -0.15) is 0 Å². The van der Waals surface area contributed by atoms with E-state index in [0.717, 1.165) is 0 Å². The van der Waals surface area contributed by atoms with Crippen molar-refractivity contribution in [3.05, 3.63) is 18.3 Å². The second-order valence-corrected chi connectivity index (χ2v) is 3.53. The molecule has 0 fully saturated rings. The number of hydrogen-bond donors (Lipinski definition) is 2. The molecule has 1 aromatic rings. The lowest BCUT2D eigenvalue weighted by Gasteiger charge is -2.06. The van der Waals surface area contributed by atoms with Gasteiger partial charge in [-0.25, -0.2) is 4.98 Å². The minimum absolute atomic E-state index is 0.132. The molecule has 2 N–H and O–H groups in total. The number of hydrogen-bond acceptors (Lipinski definition) is 4. The van der Waals surface area contributed by atoms with Crippen molar-refractivity contribution < 1.29 is 14.6 Å². The summed E-state index contributed by atoms with van der Waals surface area (Å²) in [5.41, 5.74) is 0.622. The van der Waals surface area contributed by atoms with Crippen LogP contribution in [0, 0.1) is 0 Å². The van der Waals surface area contributed by atoms with E-state index in [-0.39, 0.29) is 5.91 Å². The Morgan fingerprint density at radius 1 is 1.62 bits per heavy atom. The third-order valence-electron chi connectivity index (χ3n) is 2.02. The monoisotopic (exact) mass is 224 g/mol. The molecule has 0 aliphatic carbocycles. The van der Waals surface area contributed by atoms with Crippen molar-refractivity contribution in [2.45, 2.75) is 25.9 Å². The molecule has 0 saturated heterocycles. The summed E-state index contributed by atoms with van der Waals surface area (Å²) < 4.78 is 4.90. The Kier molecular flexibility index (Phi) is 4.72. The molecule has 1 atom stereocenters. The standard InChI is InChI=1S/C11H16N2O3/c1-8(14)3-5-10(15)13-9-4-6-11(16-2)12-7-9/h4,6-8,14H,3,5H2,1-2H3,(H,13,15). The van der Waals surface area contributed by atoms with Crippen molar-refractivity contribution in [3.63, 3.8) is 0 Å². The van der Waals surface area contributed by atoms with E-state index >= 15 is 0 Å². The Bertz CT molecular complexity index is 336. The molecule has 0 aliphatic rings. The summed E-state index contributed by atoms with van der Waals surface area (Å²) >= 11 is 0. The zero-order chi connectivity index (χ0) is 12.0. The highest BCUT2D eigenvalue weighted by Crippen LogP contribution is 2.11. The van der Waals surface area contributed by atoms with Crippen LogP contribution in [0.3, 0.4) is 0 Å². The van der Waals surface area contributed by atoms with Crippen molar-refractivity contribution in [3.8, 4) is 5.88 Å². The summed E-state index contributed by atoms with van der Waals surface area (Å²) in [5.74, 6) is 0.370. The molecule has 88 valence electrons. The van der Waals surface area contributed by atoms with Crippen LogP contribution in [0.15, 0.2) is 18.3 Å². The lowest BCUT2D eigenvalue weighted by atomic mass is 10.2. The molecule has 5 heteroatoms. The molecule has 1 unspecified atom stereocenters. The van der Waals surface area contributed by atoms with Crippen LogP contribution < -0.4 is 10.1 Å². The predicted molar refractivity (Wildman–Crippen MR) is 60.3 cm³/mol. The Labute approximate surface area is 94.5 Å².